The third-order valence-corrected chi connectivity index (χ3v) is 3.58. The molecule has 0 radical (unpaired) electrons. The van der Waals surface area contributed by atoms with Gasteiger partial charge in [-0.2, -0.15) is 0 Å². The number of ketones is 1. The highest BCUT2D eigenvalue weighted by Crippen LogP contribution is 2.09. The molecule has 0 heterocycles. The van der Waals surface area contributed by atoms with E-state index in [9.17, 15) is 13.2 Å². The van der Waals surface area contributed by atoms with E-state index in [0.717, 1.165) is 10.9 Å². The van der Waals surface area contributed by atoms with Crippen molar-refractivity contribution in [2.24, 2.45) is 0 Å². The van der Waals surface area contributed by atoms with Crippen molar-refractivity contribution in [1.82, 2.24) is 4.72 Å². The van der Waals surface area contributed by atoms with Crippen LogP contribution in [0.2, 0.25) is 0 Å². The monoisotopic (exact) mass is 257 g/mol. The maximum absolute atomic E-state index is 11.7. The molecule has 0 aliphatic carbocycles. The lowest BCUT2D eigenvalue weighted by atomic mass is 10.2. The second kappa shape index (κ2) is 5.29. The molecule has 4 nitrogen and oxygen atoms in total. The van der Waals surface area contributed by atoms with Crippen LogP contribution < -0.4 is 4.72 Å². The zero-order chi connectivity index (χ0) is 12.2. The van der Waals surface area contributed by atoms with Crippen molar-refractivity contribution in [3.05, 3.63) is 29.8 Å². The van der Waals surface area contributed by atoms with Gasteiger partial charge in [-0.05, 0) is 19.1 Å². The second-order valence-electron chi connectivity index (χ2n) is 3.22. The molecule has 1 N–H and O–H groups in total. The Bertz CT molecular complexity index is 491. The molecule has 0 aromatic heterocycles. The van der Waals surface area contributed by atoms with E-state index in [4.69, 9.17) is 0 Å². The standard InChI is InChI=1S/C10H11NO3S2/c1-8-2-4-10(5-3-8)16(13,14)11-6-9(12)7-15/h2-5,7,11H,6H2,1H3. The van der Waals surface area contributed by atoms with Crippen LogP contribution in [-0.2, 0) is 14.8 Å². The molecule has 16 heavy (non-hydrogen) atoms. The van der Waals surface area contributed by atoms with Crippen LogP contribution in [0, 0.1) is 6.92 Å². The highest BCUT2D eigenvalue weighted by Gasteiger charge is 2.13. The molecule has 86 valence electrons. The summed E-state index contributed by atoms with van der Waals surface area (Å²) < 4.78 is 25.5. The maximum Gasteiger partial charge on any atom is 0.240 e. The Balaban J connectivity index is 2.82. The first kappa shape index (κ1) is 13.0. The Morgan fingerprint density at radius 2 is 1.94 bits per heavy atom. The third kappa shape index (κ3) is 3.48. The summed E-state index contributed by atoms with van der Waals surface area (Å²) in [5.41, 5.74) is 0.967. The molecule has 0 fully saturated rings. The number of hydrogen-bond acceptors (Lipinski definition) is 4. The van der Waals surface area contributed by atoms with Crippen molar-refractivity contribution >= 4 is 33.4 Å². The largest absolute Gasteiger partial charge is 0.292 e. The number of carbonyl (C=O) groups excluding carboxylic acids is 1. The van der Waals surface area contributed by atoms with Gasteiger partial charge in [0.2, 0.25) is 10.0 Å². The number of aryl methyl sites for hydroxylation is 1. The van der Waals surface area contributed by atoms with Crippen molar-refractivity contribution in [3.8, 4) is 0 Å². The molecule has 1 rings (SSSR count). The van der Waals surface area contributed by atoms with Crippen molar-refractivity contribution < 1.29 is 13.2 Å². The fourth-order valence-electron chi connectivity index (χ4n) is 1.01. The van der Waals surface area contributed by atoms with Crippen LogP contribution in [0.3, 0.4) is 0 Å². The van der Waals surface area contributed by atoms with Crippen molar-refractivity contribution in [3.63, 3.8) is 0 Å². The first-order valence-corrected chi connectivity index (χ1v) is 6.45. The molecule has 1 aromatic rings. The van der Waals surface area contributed by atoms with Crippen LogP contribution in [0.1, 0.15) is 5.56 Å². The number of hydrogen-bond donors (Lipinski definition) is 1. The van der Waals surface area contributed by atoms with E-state index in [1.54, 1.807) is 12.1 Å². The first-order valence-electron chi connectivity index (χ1n) is 4.50. The lowest BCUT2D eigenvalue weighted by molar-refractivity contribution is -0.111. The number of rotatable bonds is 5. The number of Topliss-reactive ketones (excluding diaryl/α,β-unsaturated/α-hetero) is 1. The van der Waals surface area contributed by atoms with Crippen LogP contribution >= 0.6 is 12.2 Å². The molecular weight excluding hydrogens is 246 g/mol. The molecule has 0 bridgehead atoms. The van der Waals surface area contributed by atoms with Gasteiger partial charge in [0.1, 0.15) is 0 Å². The zero-order valence-electron chi connectivity index (χ0n) is 8.64. The molecule has 0 aliphatic rings. The highest BCUT2D eigenvalue weighted by molar-refractivity contribution is 7.89. The molecule has 0 amide bonds. The maximum atomic E-state index is 11.7. The van der Waals surface area contributed by atoms with Gasteiger partial charge in [-0.15, -0.1) is 0 Å². The lowest BCUT2D eigenvalue weighted by Gasteiger charge is -2.04. The summed E-state index contributed by atoms with van der Waals surface area (Å²) in [6.07, 6.45) is 0. The van der Waals surface area contributed by atoms with Crippen LogP contribution in [0.4, 0.5) is 0 Å². The SMILES string of the molecule is Cc1ccc(S(=O)(=O)NCC(=O)C=S)cc1. The van der Waals surface area contributed by atoms with E-state index in [2.05, 4.69) is 16.9 Å². The van der Waals surface area contributed by atoms with Gasteiger partial charge >= 0.3 is 0 Å². The van der Waals surface area contributed by atoms with E-state index in [1.807, 2.05) is 6.92 Å². The highest BCUT2D eigenvalue weighted by atomic mass is 32.2. The van der Waals surface area contributed by atoms with E-state index >= 15 is 0 Å². The fourth-order valence-corrected chi connectivity index (χ4v) is 2.09. The molecule has 0 spiro atoms. The number of nitrogens with one attached hydrogen (secondary N) is 1. The molecule has 0 saturated heterocycles. The number of sulfonamides is 1. The minimum Gasteiger partial charge on any atom is -0.292 e. The number of carbonyl (C=O) groups is 1. The van der Waals surface area contributed by atoms with Crippen LogP contribution in [0.25, 0.3) is 0 Å². The van der Waals surface area contributed by atoms with Crippen LogP contribution in [-0.4, -0.2) is 26.1 Å². The minimum atomic E-state index is -3.62. The van der Waals surface area contributed by atoms with Crippen molar-refractivity contribution in [1.29, 1.82) is 0 Å². The van der Waals surface area contributed by atoms with E-state index < -0.39 is 15.8 Å². The summed E-state index contributed by atoms with van der Waals surface area (Å²) in [5.74, 6) is -0.439. The van der Waals surface area contributed by atoms with Gasteiger partial charge in [0.25, 0.3) is 0 Å². The molecule has 1 aromatic carbocycles. The topological polar surface area (TPSA) is 63.2 Å². The van der Waals surface area contributed by atoms with Gasteiger partial charge < -0.3 is 0 Å². The Kier molecular flexibility index (Phi) is 4.28. The average Bonchev–Trinajstić information content (AvgIpc) is 2.26. The Hall–Kier alpha value is -1.11. The van der Waals surface area contributed by atoms with E-state index in [-0.39, 0.29) is 11.4 Å². The van der Waals surface area contributed by atoms with Gasteiger partial charge in [-0.1, -0.05) is 29.9 Å². The normalized spacial score (nSPS) is 11.1. The van der Waals surface area contributed by atoms with Crippen LogP contribution in [0.15, 0.2) is 29.2 Å². The predicted molar refractivity (Wildman–Crippen MR) is 65.0 cm³/mol. The summed E-state index contributed by atoms with van der Waals surface area (Å²) in [5, 5.41) is 0.914. The van der Waals surface area contributed by atoms with Gasteiger partial charge in [-0.3, -0.25) is 4.79 Å². The molecule has 0 saturated carbocycles. The smallest absolute Gasteiger partial charge is 0.240 e. The summed E-state index contributed by atoms with van der Waals surface area (Å²) in [6, 6.07) is 6.35. The van der Waals surface area contributed by atoms with Gasteiger partial charge in [0, 0.05) is 5.37 Å². The Labute approximate surface area is 99.7 Å². The zero-order valence-corrected chi connectivity index (χ0v) is 10.3. The summed E-state index contributed by atoms with van der Waals surface area (Å²) in [4.78, 5) is 11.0. The van der Waals surface area contributed by atoms with E-state index in [0.29, 0.717) is 0 Å². The second-order valence-corrected chi connectivity index (χ2v) is 5.22. The molecule has 0 atom stereocenters. The Morgan fingerprint density at radius 3 is 2.44 bits per heavy atom. The molecular formula is C10H11NO3S2. The molecule has 0 aliphatic heterocycles. The quantitative estimate of drug-likeness (QED) is 0.794. The summed E-state index contributed by atoms with van der Waals surface area (Å²) in [6.45, 7) is 1.55. The van der Waals surface area contributed by atoms with Gasteiger partial charge in [0.15, 0.2) is 5.78 Å². The minimum absolute atomic E-state index is 0.135. The lowest BCUT2D eigenvalue weighted by Crippen LogP contribution is -2.29. The average molecular weight is 257 g/mol. The van der Waals surface area contributed by atoms with E-state index in [1.165, 1.54) is 12.1 Å². The van der Waals surface area contributed by atoms with Crippen molar-refractivity contribution in [2.75, 3.05) is 6.54 Å². The predicted octanol–water partition coefficient (Wildman–Crippen LogP) is 0.842. The summed E-state index contributed by atoms with van der Waals surface area (Å²) >= 11 is 4.39. The first-order chi connectivity index (χ1) is 7.45. The van der Waals surface area contributed by atoms with Gasteiger partial charge in [0.05, 0.1) is 11.4 Å². The summed E-state index contributed by atoms with van der Waals surface area (Å²) in [7, 11) is -3.62. The molecule has 0 unspecified atom stereocenters. The molecule has 6 heteroatoms. The Morgan fingerprint density at radius 1 is 1.38 bits per heavy atom. The number of thiocarbonyl (C=S) groups is 1. The third-order valence-electron chi connectivity index (χ3n) is 1.90. The number of benzene rings is 1. The van der Waals surface area contributed by atoms with Crippen molar-refractivity contribution in [2.45, 2.75) is 11.8 Å². The van der Waals surface area contributed by atoms with Crippen LogP contribution in [0.5, 0.6) is 0 Å². The van der Waals surface area contributed by atoms with Gasteiger partial charge in [-0.25, -0.2) is 13.1 Å². The fraction of sp³-hybridized carbons (Fsp3) is 0.200.